The van der Waals surface area contributed by atoms with E-state index in [1.54, 1.807) is 0 Å². The van der Waals surface area contributed by atoms with Crippen molar-refractivity contribution in [3.63, 3.8) is 0 Å². The van der Waals surface area contributed by atoms with Crippen molar-refractivity contribution in [2.75, 3.05) is 7.11 Å². The Bertz CT molecular complexity index is 513. The van der Waals surface area contributed by atoms with Gasteiger partial charge in [-0.3, -0.25) is 14.4 Å². The van der Waals surface area contributed by atoms with Crippen molar-refractivity contribution in [3.8, 4) is 11.5 Å². The van der Waals surface area contributed by atoms with Crippen LogP contribution in [0.1, 0.15) is 20.7 Å². The first-order valence-electron chi connectivity index (χ1n) is 4.16. The van der Waals surface area contributed by atoms with Crippen molar-refractivity contribution in [2.45, 2.75) is 0 Å². The van der Waals surface area contributed by atoms with Gasteiger partial charge in [0, 0.05) is 0 Å². The predicted octanol–water partition coefficient (Wildman–Crippen LogP) is 0.394. The van der Waals surface area contributed by atoms with Gasteiger partial charge >= 0.3 is 0 Å². The molecule has 0 atom stereocenters. The van der Waals surface area contributed by atoms with E-state index < -0.39 is 34.7 Å². The van der Waals surface area contributed by atoms with Crippen LogP contribution in [0.25, 0.3) is 0 Å². The van der Waals surface area contributed by atoms with Gasteiger partial charge in [-0.05, 0) is 6.07 Å². The highest BCUT2D eigenvalue weighted by Gasteiger charge is 2.40. The van der Waals surface area contributed by atoms with Crippen LogP contribution in [0.3, 0.4) is 0 Å². The summed E-state index contributed by atoms with van der Waals surface area (Å²) in [6.07, 6.45) is 0. The maximum atomic E-state index is 13.4. The van der Waals surface area contributed by atoms with Crippen molar-refractivity contribution in [1.29, 1.82) is 0 Å². The van der Waals surface area contributed by atoms with E-state index in [0.717, 1.165) is 13.2 Å². The first kappa shape index (κ1) is 10.4. The molecule has 0 saturated carbocycles. The number of carbonyl (C=O) groups is 2. The zero-order valence-electron chi connectivity index (χ0n) is 8.02. The highest BCUT2D eigenvalue weighted by molar-refractivity contribution is 6.21. The van der Waals surface area contributed by atoms with Gasteiger partial charge in [0.15, 0.2) is 17.3 Å². The maximum absolute atomic E-state index is 13.4. The number of phenols is 2. The number of nitrogens with zero attached hydrogens (tertiary/aromatic N) is 1. The number of aromatic hydroxyl groups is 2. The van der Waals surface area contributed by atoms with Crippen LogP contribution < -0.4 is 0 Å². The van der Waals surface area contributed by atoms with Crippen molar-refractivity contribution < 1.29 is 29.0 Å². The molecule has 0 unspecified atom stereocenters. The largest absolute Gasteiger partial charge is 0.504 e. The molecule has 1 aromatic carbocycles. The number of fused-ring (bicyclic) bond motifs is 1. The van der Waals surface area contributed by atoms with Gasteiger partial charge in [0.25, 0.3) is 11.8 Å². The number of hydrogen-bond acceptors (Lipinski definition) is 5. The number of halogens is 1. The summed E-state index contributed by atoms with van der Waals surface area (Å²) in [6, 6.07) is 0.812. The van der Waals surface area contributed by atoms with Gasteiger partial charge in [0.2, 0.25) is 0 Å². The molecule has 0 aliphatic carbocycles. The second kappa shape index (κ2) is 3.17. The number of benzene rings is 1. The third-order valence-electron chi connectivity index (χ3n) is 2.22. The zero-order chi connectivity index (χ0) is 12.0. The Morgan fingerprint density at radius 1 is 1.31 bits per heavy atom. The molecule has 1 heterocycles. The maximum Gasteiger partial charge on any atom is 0.289 e. The lowest BCUT2D eigenvalue weighted by molar-refractivity contribution is -0.0646. The molecule has 0 spiro atoms. The van der Waals surface area contributed by atoms with Crippen LogP contribution in [0, 0.1) is 5.82 Å². The smallest absolute Gasteiger partial charge is 0.289 e. The average molecular weight is 227 g/mol. The summed E-state index contributed by atoms with van der Waals surface area (Å²) >= 11 is 0. The van der Waals surface area contributed by atoms with Crippen LogP contribution >= 0.6 is 0 Å². The normalized spacial score (nSPS) is 14.5. The molecule has 0 radical (unpaired) electrons. The fourth-order valence-corrected chi connectivity index (χ4v) is 1.47. The summed E-state index contributed by atoms with van der Waals surface area (Å²) in [5, 5.41) is 18.5. The van der Waals surface area contributed by atoms with Crippen LogP contribution in [-0.4, -0.2) is 34.2 Å². The lowest BCUT2D eigenvalue weighted by Gasteiger charge is -2.07. The molecule has 84 valence electrons. The van der Waals surface area contributed by atoms with Crippen molar-refractivity contribution in [3.05, 3.63) is 23.0 Å². The number of hydroxylamine groups is 2. The van der Waals surface area contributed by atoms with E-state index in [9.17, 15) is 14.0 Å². The van der Waals surface area contributed by atoms with Gasteiger partial charge < -0.3 is 10.2 Å². The van der Waals surface area contributed by atoms with Gasteiger partial charge in [0.05, 0.1) is 18.2 Å². The van der Waals surface area contributed by atoms with E-state index in [1.165, 1.54) is 0 Å². The highest BCUT2D eigenvalue weighted by atomic mass is 19.1. The van der Waals surface area contributed by atoms with Crippen molar-refractivity contribution >= 4 is 11.8 Å². The van der Waals surface area contributed by atoms with E-state index >= 15 is 0 Å². The number of hydrogen-bond donors (Lipinski definition) is 2. The molecule has 2 rings (SSSR count). The van der Waals surface area contributed by atoms with E-state index in [-0.39, 0.29) is 5.56 Å². The minimum absolute atomic E-state index is 0.340. The quantitative estimate of drug-likeness (QED) is 0.535. The minimum Gasteiger partial charge on any atom is -0.504 e. The lowest BCUT2D eigenvalue weighted by Crippen LogP contribution is -2.28. The number of phenolic OH excluding ortho intramolecular Hbond substituents is 2. The molecule has 0 aromatic heterocycles. The first-order chi connectivity index (χ1) is 7.49. The Labute approximate surface area is 88.4 Å². The van der Waals surface area contributed by atoms with Gasteiger partial charge in [0.1, 0.15) is 0 Å². The molecule has 2 N–H and O–H groups in total. The molecule has 7 heteroatoms. The van der Waals surface area contributed by atoms with E-state index in [1.807, 2.05) is 0 Å². The molecule has 1 aromatic rings. The number of rotatable bonds is 1. The Morgan fingerprint density at radius 2 is 1.94 bits per heavy atom. The zero-order valence-corrected chi connectivity index (χ0v) is 8.02. The molecule has 16 heavy (non-hydrogen) atoms. The topological polar surface area (TPSA) is 87.1 Å². The lowest BCUT2D eigenvalue weighted by atomic mass is 10.1. The molecular weight excluding hydrogens is 221 g/mol. The van der Waals surface area contributed by atoms with Crippen LogP contribution in [0.5, 0.6) is 11.5 Å². The molecule has 1 aliphatic rings. The molecular formula is C9H6FNO5. The summed E-state index contributed by atoms with van der Waals surface area (Å²) in [5.74, 6) is -5.13. The van der Waals surface area contributed by atoms with Gasteiger partial charge in [-0.15, -0.1) is 5.06 Å². The second-order valence-electron chi connectivity index (χ2n) is 3.07. The fourth-order valence-electron chi connectivity index (χ4n) is 1.47. The van der Waals surface area contributed by atoms with E-state index in [2.05, 4.69) is 4.84 Å². The summed E-state index contributed by atoms with van der Waals surface area (Å²) in [6.45, 7) is 0. The third kappa shape index (κ3) is 1.09. The molecule has 0 saturated heterocycles. The third-order valence-corrected chi connectivity index (χ3v) is 2.22. The highest BCUT2D eigenvalue weighted by Crippen LogP contribution is 2.36. The minimum atomic E-state index is -1.34. The van der Waals surface area contributed by atoms with E-state index in [0.29, 0.717) is 5.06 Å². The van der Waals surface area contributed by atoms with Gasteiger partial charge in [-0.1, -0.05) is 0 Å². The summed E-state index contributed by atoms with van der Waals surface area (Å²) in [5.41, 5.74) is -0.957. The van der Waals surface area contributed by atoms with Gasteiger partial charge in [-0.2, -0.15) is 0 Å². The summed E-state index contributed by atoms with van der Waals surface area (Å²) in [7, 11) is 1.07. The van der Waals surface area contributed by atoms with Crippen LogP contribution in [0.15, 0.2) is 6.07 Å². The van der Waals surface area contributed by atoms with Crippen molar-refractivity contribution in [2.24, 2.45) is 0 Å². The molecule has 0 fully saturated rings. The standard InChI is InChI=1S/C9H6FNO5/c1-16-11-8(14)3-2-4(12)7(13)6(10)5(3)9(11)15/h2,12-13H,1H3. The molecule has 0 bridgehead atoms. The van der Waals surface area contributed by atoms with Gasteiger partial charge in [-0.25, -0.2) is 4.39 Å². The Hall–Kier alpha value is -2.15. The molecule has 1 aliphatic heterocycles. The molecule has 6 nitrogen and oxygen atoms in total. The monoisotopic (exact) mass is 227 g/mol. The summed E-state index contributed by atoms with van der Waals surface area (Å²) in [4.78, 5) is 27.4. The number of carbonyl (C=O) groups excluding carboxylic acids is 2. The van der Waals surface area contributed by atoms with Crippen molar-refractivity contribution in [1.82, 2.24) is 5.06 Å². The van der Waals surface area contributed by atoms with Crippen LogP contribution in [0.4, 0.5) is 4.39 Å². The SMILES string of the molecule is CON1C(=O)c2cc(O)c(O)c(F)c2C1=O. The Kier molecular flexibility index (Phi) is 2.06. The Balaban J connectivity index is 2.73. The van der Waals surface area contributed by atoms with Crippen LogP contribution in [0.2, 0.25) is 0 Å². The number of imide groups is 1. The summed E-state index contributed by atoms with van der Waals surface area (Å²) < 4.78 is 13.4. The van der Waals surface area contributed by atoms with E-state index in [4.69, 9.17) is 10.2 Å². The molecule has 2 amide bonds. The fraction of sp³-hybridized carbons (Fsp3) is 0.111. The first-order valence-corrected chi connectivity index (χ1v) is 4.16. The van der Waals surface area contributed by atoms with Crippen LogP contribution in [-0.2, 0) is 4.84 Å². The Morgan fingerprint density at radius 3 is 2.50 bits per heavy atom. The number of amides is 2. The second-order valence-corrected chi connectivity index (χ2v) is 3.07. The predicted molar refractivity (Wildman–Crippen MR) is 47.2 cm³/mol. The average Bonchev–Trinajstić information content (AvgIpc) is 2.48.